The van der Waals surface area contributed by atoms with Crippen molar-refractivity contribution >= 4 is 43.8 Å². The number of hydrogen-bond donors (Lipinski definition) is 1. The molecule has 1 aromatic carbocycles. The first-order chi connectivity index (χ1) is 14.0. The Hall–Kier alpha value is -2.64. The Morgan fingerprint density at radius 1 is 1.27 bits per heavy atom. The average molecular weight is 539 g/mol. The fourth-order valence-corrected chi connectivity index (χ4v) is 4.31. The molecule has 2 heterocycles. The number of benzene rings is 1. The summed E-state index contributed by atoms with van der Waals surface area (Å²) in [6.07, 6.45) is 6.91. The minimum absolute atomic E-state index is 0.199. The Labute approximate surface area is 189 Å². The maximum atomic E-state index is 13.6. The normalized spacial score (nSPS) is 15.2. The van der Waals surface area contributed by atoms with Crippen molar-refractivity contribution in [3.05, 3.63) is 63.2 Å². The van der Waals surface area contributed by atoms with Gasteiger partial charge < -0.3 is 10.5 Å². The van der Waals surface area contributed by atoms with E-state index in [9.17, 15) is 14.4 Å². The highest BCUT2D eigenvalue weighted by atomic mass is 79.9. The summed E-state index contributed by atoms with van der Waals surface area (Å²) in [5.41, 5.74) is 5.35. The van der Waals surface area contributed by atoms with Gasteiger partial charge in [0.2, 0.25) is 0 Å². The number of carbonyl (C=O) groups is 1. The highest BCUT2D eigenvalue weighted by Crippen LogP contribution is 2.38. The van der Waals surface area contributed by atoms with Crippen molar-refractivity contribution in [1.82, 2.24) is 14.7 Å². The number of ether oxygens (including phenoxy) is 1. The highest BCUT2D eigenvalue weighted by molar-refractivity contribution is 9.11. The SMILES string of the molecule is CC(C)(C)OC(=O)N1C=CC(C#N)(c2cnn(-c3c(Br)cc(F)cc3Br)c2N)C=C1. The van der Waals surface area contributed by atoms with Gasteiger partial charge in [-0.05, 0) is 76.9 Å². The van der Waals surface area contributed by atoms with Crippen molar-refractivity contribution in [3.63, 3.8) is 0 Å². The molecule has 1 aliphatic rings. The Balaban J connectivity index is 1.97. The van der Waals surface area contributed by atoms with E-state index in [0.717, 1.165) is 0 Å². The third kappa shape index (κ3) is 4.13. The zero-order valence-electron chi connectivity index (χ0n) is 16.4. The number of hydrogen-bond acceptors (Lipinski definition) is 5. The summed E-state index contributed by atoms with van der Waals surface area (Å²) in [5.74, 6) is -0.234. The maximum absolute atomic E-state index is 13.6. The van der Waals surface area contributed by atoms with Gasteiger partial charge in [-0.25, -0.2) is 13.9 Å². The third-order valence-electron chi connectivity index (χ3n) is 4.23. The zero-order chi connectivity index (χ0) is 22.3. The minimum atomic E-state index is -1.24. The van der Waals surface area contributed by atoms with Gasteiger partial charge in [-0.3, -0.25) is 4.90 Å². The van der Waals surface area contributed by atoms with Crippen LogP contribution >= 0.6 is 31.9 Å². The molecule has 0 saturated carbocycles. The Morgan fingerprint density at radius 2 is 1.83 bits per heavy atom. The molecule has 2 N–H and O–H groups in total. The Bertz CT molecular complexity index is 1070. The van der Waals surface area contributed by atoms with Crippen molar-refractivity contribution in [2.45, 2.75) is 31.8 Å². The van der Waals surface area contributed by atoms with Crippen molar-refractivity contribution in [2.24, 2.45) is 0 Å². The molecule has 30 heavy (non-hydrogen) atoms. The van der Waals surface area contributed by atoms with Gasteiger partial charge in [0.25, 0.3) is 0 Å². The molecule has 0 atom stereocenters. The summed E-state index contributed by atoms with van der Waals surface area (Å²) in [5, 5.41) is 14.2. The van der Waals surface area contributed by atoms with Crippen LogP contribution in [0, 0.1) is 17.1 Å². The molecular formula is C20H18Br2FN5O2. The predicted molar refractivity (Wildman–Crippen MR) is 117 cm³/mol. The first-order valence-corrected chi connectivity index (χ1v) is 10.4. The Morgan fingerprint density at radius 3 is 2.33 bits per heavy atom. The molecule has 10 heteroatoms. The number of carbonyl (C=O) groups excluding carboxylic acids is 1. The second-order valence-electron chi connectivity index (χ2n) is 7.57. The van der Waals surface area contributed by atoms with Gasteiger partial charge in [0.05, 0.1) is 18.0 Å². The first kappa shape index (κ1) is 22.1. The summed E-state index contributed by atoms with van der Waals surface area (Å²) in [7, 11) is 0. The van der Waals surface area contributed by atoms with Crippen molar-refractivity contribution in [2.75, 3.05) is 5.73 Å². The van der Waals surface area contributed by atoms with Crippen molar-refractivity contribution in [1.29, 1.82) is 5.26 Å². The van der Waals surface area contributed by atoms with Crippen LogP contribution in [-0.4, -0.2) is 26.4 Å². The molecule has 0 fully saturated rings. The lowest BCUT2D eigenvalue weighted by Gasteiger charge is -2.28. The first-order valence-electron chi connectivity index (χ1n) is 8.77. The number of anilines is 1. The van der Waals surface area contributed by atoms with E-state index in [1.165, 1.54) is 40.3 Å². The van der Waals surface area contributed by atoms with E-state index in [-0.39, 0.29) is 5.82 Å². The van der Waals surface area contributed by atoms with E-state index in [1.54, 1.807) is 32.9 Å². The molecule has 0 radical (unpaired) electrons. The van der Waals surface area contributed by atoms with Gasteiger partial charge in [-0.2, -0.15) is 10.4 Å². The molecule has 1 aromatic heterocycles. The van der Waals surface area contributed by atoms with E-state index < -0.39 is 22.9 Å². The van der Waals surface area contributed by atoms with E-state index in [2.05, 4.69) is 43.0 Å². The van der Waals surface area contributed by atoms with E-state index in [0.29, 0.717) is 20.2 Å². The second kappa shape index (κ2) is 7.89. The zero-order valence-corrected chi connectivity index (χ0v) is 19.5. The fraction of sp³-hybridized carbons (Fsp3) is 0.250. The molecule has 0 saturated heterocycles. The number of allylic oxidation sites excluding steroid dienone is 2. The van der Waals surface area contributed by atoms with Crippen LogP contribution in [0.15, 0.2) is 51.8 Å². The largest absolute Gasteiger partial charge is 0.443 e. The van der Waals surface area contributed by atoms with Crippen LogP contribution in [-0.2, 0) is 10.2 Å². The molecule has 0 unspecified atom stereocenters. The summed E-state index contributed by atoms with van der Waals surface area (Å²) >= 11 is 6.63. The van der Waals surface area contributed by atoms with Crippen LogP contribution in [0.5, 0.6) is 0 Å². The maximum Gasteiger partial charge on any atom is 0.418 e. The van der Waals surface area contributed by atoms with Crippen LogP contribution in [0.2, 0.25) is 0 Å². The molecule has 0 bridgehead atoms. The lowest BCUT2D eigenvalue weighted by Crippen LogP contribution is -2.33. The molecule has 1 aliphatic heterocycles. The summed E-state index contributed by atoms with van der Waals surface area (Å²) in [6.45, 7) is 5.30. The number of aromatic nitrogens is 2. The number of halogens is 3. The average Bonchev–Trinajstić information content (AvgIpc) is 3.01. The van der Waals surface area contributed by atoms with Gasteiger partial charge >= 0.3 is 6.09 Å². The number of amides is 1. The van der Waals surface area contributed by atoms with E-state index >= 15 is 0 Å². The summed E-state index contributed by atoms with van der Waals surface area (Å²) < 4.78 is 21.2. The second-order valence-corrected chi connectivity index (χ2v) is 9.28. The number of nitriles is 1. The molecule has 7 nitrogen and oxygen atoms in total. The van der Waals surface area contributed by atoms with Crippen molar-refractivity contribution in [3.8, 4) is 11.8 Å². The van der Waals surface area contributed by atoms with Crippen LogP contribution in [0.25, 0.3) is 5.69 Å². The van der Waals surface area contributed by atoms with E-state index in [1.807, 2.05) is 0 Å². The monoisotopic (exact) mass is 537 g/mol. The smallest absolute Gasteiger partial charge is 0.418 e. The van der Waals surface area contributed by atoms with Crippen LogP contribution in [0.3, 0.4) is 0 Å². The molecular weight excluding hydrogens is 521 g/mol. The standard InChI is InChI=1S/C20H18Br2FN5O2/c1-19(2,3)30-18(29)27-6-4-20(11-24,5-7-27)13-10-26-28(17(13)25)16-14(21)8-12(23)9-15(16)22/h4-10H,25H2,1-3H3. The van der Waals surface area contributed by atoms with Crippen LogP contribution < -0.4 is 5.73 Å². The fourth-order valence-electron chi connectivity index (χ4n) is 2.84. The minimum Gasteiger partial charge on any atom is -0.443 e. The number of nitrogen functional groups attached to an aromatic ring is 1. The summed E-state index contributed by atoms with van der Waals surface area (Å²) in [4.78, 5) is 13.5. The van der Waals surface area contributed by atoms with Gasteiger partial charge in [0, 0.05) is 26.9 Å². The topological polar surface area (TPSA) is 97.2 Å². The Kier molecular flexibility index (Phi) is 5.80. The number of nitrogens with two attached hydrogens (primary N) is 1. The van der Waals surface area contributed by atoms with E-state index in [4.69, 9.17) is 10.5 Å². The molecule has 2 aromatic rings. The predicted octanol–water partition coefficient (Wildman–Crippen LogP) is 5.16. The van der Waals surface area contributed by atoms with Crippen LogP contribution in [0.4, 0.5) is 15.0 Å². The lowest BCUT2D eigenvalue weighted by molar-refractivity contribution is 0.0396. The highest BCUT2D eigenvalue weighted by Gasteiger charge is 2.35. The molecule has 0 spiro atoms. The lowest BCUT2D eigenvalue weighted by atomic mass is 9.82. The molecule has 156 valence electrons. The van der Waals surface area contributed by atoms with Crippen molar-refractivity contribution < 1.29 is 13.9 Å². The van der Waals surface area contributed by atoms with Gasteiger partial charge in [0.1, 0.15) is 22.7 Å². The van der Waals surface area contributed by atoms with Gasteiger partial charge in [-0.15, -0.1) is 0 Å². The van der Waals surface area contributed by atoms with Gasteiger partial charge in [0.15, 0.2) is 0 Å². The number of nitrogens with zero attached hydrogens (tertiary/aromatic N) is 4. The molecule has 1 amide bonds. The van der Waals surface area contributed by atoms with Crippen LogP contribution in [0.1, 0.15) is 26.3 Å². The van der Waals surface area contributed by atoms with Gasteiger partial charge in [-0.1, -0.05) is 0 Å². The number of rotatable bonds is 2. The quantitative estimate of drug-likeness (QED) is 0.569. The molecule has 3 rings (SSSR count). The molecule has 0 aliphatic carbocycles. The third-order valence-corrected chi connectivity index (χ3v) is 5.44. The summed E-state index contributed by atoms with van der Waals surface area (Å²) in [6, 6.07) is 4.80.